The molecule has 3 aliphatic rings. The van der Waals surface area contributed by atoms with Crippen LogP contribution < -0.4 is 4.74 Å². The smallest absolute Gasteiger partial charge is 0.223 e. The lowest BCUT2D eigenvalue weighted by molar-refractivity contribution is -0.135. The van der Waals surface area contributed by atoms with Crippen LogP contribution in [0.2, 0.25) is 0 Å². The fourth-order valence-corrected chi connectivity index (χ4v) is 5.57. The van der Waals surface area contributed by atoms with Gasteiger partial charge in [0.05, 0.1) is 12.3 Å². The average Bonchev–Trinajstić information content (AvgIpc) is 3.72. The zero-order valence-electron chi connectivity index (χ0n) is 19.3. The van der Waals surface area contributed by atoms with Crippen LogP contribution in [0, 0.1) is 29.1 Å². The molecule has 1 aromatic carbocycles. The number of nitrogens with zero attached hydrogens (tertiary/aromatic N) is 5. The molecule has 7 heteroatoms. The van der Waals surface area contributed by atoms with Crippen molar-refractivity contribution in [1.29, 1.82) is 0 Å². The van der Waals surface area contributed by atoms with Crippen LogP contribution in [0.1, 0.15) is 58.8 Å². The van der Waals surface area contributed by atoms with E-state index in [1.807, 2.05) is 24.3 Å². The Morgan fingerprint density at radius 3 is 2.53 bits per heavy atom. The first-order valence-electron chi connectivity index (χ1n) is 12.2. The predicted octanol–water partition coefficient (Wildman–Crippen LogP) is 4.13. The molecule has 5 rings (SSSR count). The fourth-order valence-electron chi connectivity index (χ4n) is 5.57. The lowest BCUT2D eigenvalue weighted by atomic mass is 9.83. The highest BCUT2D eigenvalue weighted by Crippen LogP contribution is 2.50. The summed E-state index contributed by atoms with van der Waals surface area (Å²) >= 11 is 0. The van der Waals surface area contributed by atoms with Crippen molar-refractivity contribution < 1.29 is 9.53 Å². The molecule has 1 aliphatic heterocycles. The van der Waals surface area contributed by atoms with Crippen LogP contribution in [0.4, 0.5) is 0 Å². The van der Waals surface area contributed by atoms with Crippen LogP contribution >= 0.6 is 0 Å². The van der Waals surface area contributed by atoms with Gasteiger partial charge < -0.3 is 9.64 Å². The first-order valence-corrected chi connectivity index (χ1v) is 12.2. The van der Waals surface area contributed by atoms with Crippen molar-refractivity contribution in [3.63, 3.8) is 0 Å². The van der Waals surface area contributed by atoms with Gasteiger partial charge >= 0.3 is 0 Å². The van der Waals surface area contributed by atoms with E-state index in [9.17, 15) is 4.79 Å². The largest absolute Gasteiger partial charge is 0.494 e. The molecule has 2 aliphatic carbocycles. The van der Waals surface area contributed by atoms with Gasteiger partial charge in [-0.05, 0) is 102 Å². The minimum Gasteiger partial charge on any atom is -0.494 e. The Kier molecular flexibility index (Phi) is 5.91. The van der Waals surface area contributed by atoms with Crippen molar-refractivity contribution in [1.82, 2.24) is 25.1 Å². The summed E-state index contributed by atoms with van der Waals surface area (Å²) in [6, 6.07) is 7.87. The number of carbonyl (C=O) groups excluding carboxylic acids is 1. The minimum atomic E-state index is 0.184. The molecule has 2 heterocycles. The van der Waals surface area contributed by atoms with E-state index in [1.54, 1.807) is 11.0 Å². The summed E-state index contributed by atoms with van der Waals surface area (Å²) in [6.07, 6.45) is 9.72. The number of likely N-dealkylation sites (tertiary alicyclic amines) is 1. The molecule has 1 amide bonds. The Hall–Kier alpha value is -2.44. The first-order chi connectivity index (χ1) is 15.5. The Bertz CT molecular complexity index is 899. The molecule has 0 spiro atoms. The summed E-state index contributed by atoms with van der Waals surface area (Å²) in [5.74, 6) is 4.45. The summed E-state index contributed by atoms with van der Waals surface area (Å²) < 4.78 is 7.60. The number of hydrogen-bond acceptors (Lipinski definition) is 5. The van der Waals surface area contributed by atoms with Crippen LogP contribution in [-0.2, 0) is 4.79 Å². The van der Waals surface area contributed by atoms with E-state index in [2.05, 4.69) is 34.3 Å². The highest BCUT2D eigenvalue weighted by atomic mass is 16.5. The zero-order chi connectivity index (χ0) is 22.1. The number of ether oxygens (including phenoxy) is 1. The third kappa shape index (κ3) is 4.97. The molecule has 7 nitrogen and oxygen atoms in total. The number of piperidine rings is 1. The highest BCUT2D eigenvalue weighted by Gasteiger charge is 2.44. The topological polar surface area (TPSA) is 73.1 Å². The van der Waals surface area contributed by atoms with Gasteiger partial charge in [-0.3, -0.25) is 4.79 Å². The van der Waals surface area contributed by atoms with Crippen LogP contribution in [-0.4, -0.2) is 50.7 Å². The molecule has 1 saturated heterocycles. The van der Waals surface area contributed by atoms with Crippen LogP contribution in [0.5, 0.6) is 5.75 Å². The molecule has 0 N–H and O–H groups in total. The molecule has 2 unspecified atom stereocenters. The van der Waals surface area contributed by atoms with Crippen molar-refractivity contribution in [2.45, 2.75) is 58.8 Å². The molecule has 0 bridgehead atoms. The maximum Gasteiger partial charge on any atom is 0.223 e. The highest BCUT2D eigenvalue weighted by molar-refractivity contribution is 5.77. The normalized spacial score (nSPS) is 23.9. The van der Waals surface area contributed by atoms with Gasteiger partial charge in [0.2, 0.25) is 5.91 Å². The number of benzene rings is 1. The van der Waals surface area contributed by atoms with Crippen molar-refractivity contribution in [2.75, 3.05) is 19.7 Å². The minimum absolute atomic E-state index is 0.184. The SMILES string of the molecule is CC(C)(CC(=O)N1CCC(C2CC2CCOc2ccc(-n3cnnn3)cc2)CC1)C1CC1. The van der Waals surface area contributed by atoms with E-state index >= 15 is 0 Å². The number of carbonyl (C=O) groups is 1. The maximum absolute atomic E-state index is 12.8. The van der Waals surface area contributed by atoms with Gasteiger partial charge in [0.25, 0.3) is 0 Å². The van der Waals surface area contributed by atoms with Crippen molar-refractivity contribution >= 4 is 5.91 Å². The molecule has 1 aromatic heterocycles. The lowest BCUT2D eigenvalue weighted by Gasteiger charge is -2.35. The summed E-state index contributed by atoms with van der Waals surface area (Å²) in [5.41, 5.74) is 1.11. The summed E-state index contributed by atoms with van der Waals surface area (Å²) in [4.78, 5) is 14.9. The van der Waals surface area contributed by atoms with Gasteiger partial charge in [0, 0.05) is 19.5 Å². The Morgan fingerprint density at radius 2 is 1.88 bits per heavy atom. The summed E-state index contributed by atoms with van der Waals surface area (Å²) in [7, 11) is 0. The molecule has 2 aromatic rings. The second-order valence-corrected chi connectivity index (χ2v) is 10.7. The molecule has 2 saturated carbocycles. The average molecular weight is 438 g/mol. The van der Waals surface area contributed by atoms with Gasteiger partial charge in [0.1, 0.15) is 12.1 Å². The number of aromatic nitrogens is 4. The van der Waals surface area contributed by atoms with Crippen LogP contribution in [0.15, 0.2) is 30.6 Å². The fraction of sp³-hybridized carbons (Fsp3) is 0.680. The van der Waals surface area contributed by atoms with Crippen molar-refractivity contribution in [3.05, 3.63) is 30.6 Å². The summed E-state index contributed by atoms with van der Waals surface area (Å²) in [5, 5.41) is 11.2. The first kappa shape index (κ1) is 21.4. The van der Waals surface area contributed by atoms with Crippen molar-refractivity contribution in [3.8, 4) is 11.4 Å². The van der Waals surface area contributed by atoms with E-state index in [0.29, 0.717) is 5.91 Å². The lowest BCUT2D eigenvalue weighted by Crippen LogP contribution is -2.41. The molecular formula is C25H35N5O2. The standard InChI is InChI=1S/C25H35N5O2/c1-25(2,20-3-4-20)16-24(31)29-12-9-18(10-13-29)23-15-19(23)11-14-32-22-7-5-21(6-8-22)30-17-26-27-28-30/h5-8,17-20,23H,3-4,9-16H2,1-2H3. The van der Waals surface area contributed by atoms with Gasteiger partial charge in [-0.25, -0.2) is 4.68 Å². The molecule has 3 fully saturated rings. The quantitative estimate of drug-likeness (QED) is 0.590. The number of amides is 1. The second kappa shape index (κ2) is 8.83. The van der Waals surface area contributed by atoms with Crippen LogP contribution in [0.3, 0.4) is 0 Å². The van der Waals surface area contributed by atoms with Crippen LogP contribution in [0.25, 0.3) is 5.69 Å². The van der Waals surface area contributed by atoms with Gasteiger partial charge in [-0.1, -0.05) is 13.8 Å². The third-order valence-corrected chi connectivity index (χ3v) is 7.97. The Morgan fingerprint density at radius 1 is 1.12 bits per heavy atom. The molecular weight excluding hydrogens is 402 g/mol. The molecule has 2 atom stereocenters. The van der Waals surface area contributed by atoms with E-state index in [-0.39, 0.29) is 5.41 Å². The Labute approximate surface area is 190 Å². The number of hydrogen-bond donors (Lipinski definition) is 0. The summed E-state index contributed by atoms with van der Waals surface area (Å²) in [6.45, 7) is 7.22. The predicted molar refractivity (Wildman–Crippen MR) is 121 cm³/mol. The third-order valence-electron chi connectivity index (χ3n) is 7.97. The van der Waals surface area contributed by atoms with Crippen molar-refractivity contribution in [2.24, 2.45) is 29.1 Å². The zero-order valence-corrected chi connectivity index (χ0v) is 19.3. The Balaban J connectivity index is 1.00. The molecule has 32 heavy (non-hydrogen) atoms. The maximum atomic E-state index is 12.8. The van der Waals surface area contributed by atoms with E-state index in [4.69, 9.17) is 4.74 Å². The van der Waals surface area contributed by atoms with E-state index in [0.717, 1.165) is 67.6 Å². The molecule has 172 valence electrons. The number of tetrazole rings is 1. The monoisotopic (exact) mass is 437 g/mol. The van der Waals surface area contributed by atoms with Gasteiger partial charge in [0.15, 0.2) is 0 Å². The van der Waals surface area contributed by atoms with E-state index < -0.39 is 0 Å². The van der Waals surface area contributed by atoms with Gasteiger partial charge in [-0.2, -0.15) is 0 Å². The van der Waals surface area contributed by atoms with Gasteiger partial charge in [-0.15, -0.1) is 5.10 Å². The second-order valence-electron chi connectivity index (χ2n) is 10.7. The van der Waals surface area contributed by atoms with E-state index in [1.165, 1.54) is 32.1 Å². The molecule has 0 radical (unpaired) electrons. The number of rotatable bonds is 9.